The average Bonchev–Trinajstić information content (AvgIpc) is 2.85. The summed E-state index contributed by atoms with van der Waals surface area (Å²) in [4.78, 5) is 0. The topological polar surface area (TPSA) is 67.6 Å². The maximum Gasteiger partial charge on any atom is 0.145 e. The molecule has 1 heterocycles. The Morgan fingerprint density at radius 3 is 2.32 bits per heavy atom. The van der Waals surface area contributed by atoms with Gasteiger partial charge in [-0.2, -0.15) is 10.4 Å². The lowest BCUT2D eigenvalue weighted by molar-refractivity contribution is 0.894. The number of aryl methyl sites for hydroxylation is 1. The van der Waals surface area contributed by atoms with E-state index in [9.17, 15) is 5.26 Å². The van der Waals surface area contributed by atoms with E-state index < -0.39 is 0 Å². The van der Waals surface area contributed by atoms with Crippen molar-refractivity contribution >= 4 is 17.4 Å². The van der Waals surface area contributed by atoms with Gasteiger partial charge in [0.2, 0.25) is 0 Å². The Hall–Kier alpha value is -2.77. The van der Waals surface area contributed by atoms with E-state index in [2.05, 4.69) is 11.2 Å². The van der Waals surface area contributed by atoms with Crippen LogP contribution in [0.5, 0.6) is 0 Å². The predicted octanol–water partition coefficient (Wildman–Crippen LogP) is 3.96. The van der Waals surface area contributed by atoms with E-state index in [0.29, 0.717) is 22.1 Å². The monoisotopic (exact) mass is 308 g/mol. The lowest BCUT2D eigenvalue weighted by atomic mass is 10.1. The van der Waals surface area contributed by atoms with Crippen LogP contribution in [-0.4, -0.2) is 9.78 Å². The van der Waals surface area contributed by atoms with Gasteiger partial charge in [0.05, 0.1) is 5.69 Å². The maximum absolute atomic E-state index is 9.41. The molecule has 0 unspecified atom stereocenters. The molecule has 0 saturated carbocycles. The molecule has 0 amide bonds. The Bertz CT molecular complexity index is 855. The van der Waals surface area contributed by atoms with Crippen molar-refractivity contribution in [2.75, 3.05) is 5.73 Å². The highest BCUT2D eigenvalue weighted by Crippen LogP contribution is 2.29. The second kappa shape index (κ2) is 5.55. The van der Waals surface area contributed by atoms with Gasteiger partial charge in [-0.05, 0) is 31.2 Å². The Morgan fingerprint density at radius 2 is 1.73 bits per heavy atom. The molecule has 0 aliphatic carbocycles. The fraction of sp³-hybridized carbons (Fsp3) is 0.0588. The Labute approximate surface area is 133 Å². The summed E-state index contributed by atoms with van der Waals surface area (Å²) >= 11 is 5.90. The van der Waals surface area contributed by atoms with Crippen LogP contribution >= 0.6 is 11.6 Å². The summed E-state index contributed by atoms with van der Waals surface area (Å²) in [5.74, 6) is 0.330. The third-order valence-corrected chi connectivity index (χ3v) is 3.68. The minimum atomic E-state index is 0.330. The summed E-state index contributed by atoms with van der Waals surface area (Å²) in [7, 11) is 0. The van der Waals surface area contributed by atoms with Crippen LogP contribution in [0.2, 0.25) is 5.02 Å². The molecule has 2 N–H and O–H groups in total. The highest BCUT2D eigenvalue weighted by atomic mass is 35.5. The Balaban J connectivity index is 2.17. The fourth-order valence-electron chi connectivity index (χ4n) is 2.23. The molecule has 3 rings (SSSR count). The van der Waals surface area contributed by atoms with Gasteiger partial charge in [-0.15, -0.1) is 0 Å². The van der Waals surface area contributed by atoms with E-state index in [1.54, 1.807) is 16.8 Å². The lowest BCUT2D eigenvalue weighted by Gasteiger charge is -2.03. The minimum absolute atomic E-state index is 0.330. The molecule has 108 valence electrons. The number of aromatic nitrogens is 2. The number of hydrogen-bond acceptors (Lipinski definition) is 3. The fourth-order valence-corrected chi connectivity index (χ4v) is 2.36. The Morgan fingerprint density at radius 1 is 1.09 bits per heavy atom. The molecule has 4 nitrogen and oxygen atoms in total. The van der Waals surface area contributed by atoms with Gasteiger partial charge in [0.15, 0.2) is 0 Å². The standard InChI is InChI=1S/C17H13ClN4/c1-11-2-8-14(9-3-11)22-17(20)15(10-19)16(21-22)12-4-6-13(18)7-5-12/h2-9H,20H2,1H3. The number of hydrogen-bond donors (Lipinski definition) is 1. The number of benzene rings is 2. The first-order valence-corrected chi connectivity index (χ1v) is 7.09. The first-order valence-electron chi connectivity index (χ1n) is 6.71. The van der Waals surface area contributed by atoms with Crippen molar-refractivity contribution in [2.45, 2.75) is 6.92 Å². The van der Waals surface area contributed by atoms with Crippen LogP contribution in [0.25, 0.3) is 16.9 Å². The molecule has 0 saturated heterocycles. The third kappa shape index (κ3) is 2.43. The second-order valence-corrected chi connectivity index (χ2v) is 5.41. The normalized spacial score (nSPS) is 10.4. The van der Waals surface area contributed by atoms with E-state index in [4.69, 9.17) is 17.3 Å². The van der Waals surface area contributed by atoms with Crippen LogP contribution in [0.15, 0.2) is 48.5 Å². The molecular formula is C17H13ClN4. The van der Waals surface area contributed by atoms with Crippen molar-refractivity contribution in [3.05, 3.63) is 64.7 Å². The quantitative estimate of drug-likeness (QED) is 0.779. The van der Waals surface area contributed by atoms with E-state index in [-0.39, 0.29) is 0 Å². The number of nitrogens with zero attached hydrogens (tertiary/aromatic N) is 3. The van der Waals surface area contributed by atoms with Gasteiger partial charge in [0.25, 0.3) is 0 Å². The van der Waals surface area contributed by atoms with Gasteiger partial charge in [-0.1, -0.05) is 41.4 Å². The summed E-state index contributed by atoms with van der Waals surface area (Å²) < 4.78 is 1.59. The van der Waals surface area contributed by atoms with E-state index in [1.165, 1.54) is 0 Å². The van der Waals surface area contributed by atoms with Crippen molar-refractivity contribution in [1.29, 1.82) is 5.26 Å². The molecular weight excluding hydrogens is 296 g/mol. The molecule has 0 fully saturated rings. The number of anilines is 1. The van der Waals surface area contributed by atoms with Gasteiger partial charge in [0, 0.05) is 10.6 Å². The van der Waals surface area contributed by atoms with Gasteiger partial charge in [-0.25, -0.2) is 4.68 Å². The first-order chi connectivity index (χ1) is 10.6. The Kier molecular flexibility index (Phi) is 3.58. The molecule has 0 atom stereocenters. The second-order valence-electron chi connectivity index (χ2n) is 4.97. The maximum atomic E-state index is 9.41. The van der Waals surface area contributed by atoms with Crippen LogP contribution < -0.4 is 5.73 Å². The summed E-state index contributed by atoms with van der Waals surface area (Å²) in [5, 5.41) is 14.5. The summed E-state index contributed by atoms with van der Waals surface area (Å²) in [6.45, 7) is 2.01. The third-order valence-electron chi connectivity index (χ3n) is 3.43. The zero-order chi connectivity index (χ0) is 15.7. The smallest absolute Gasteiger partial charge is 0.145 e. The molecule has 1 aromatic heterocycles. The van der Waals surface area contributed by atoms with E-state index in [1.807, 2.05) is 43.3 Å². The minimum Gasteiger partial charge on any atom is -0.382 e. The number of nitrogen functional groups attached to an aromatic ring is 1. The summed E-state index contributed by atoms with van der Waals surface area (Å²) in [6.07, 6.45) is 0. The molecule has 0 bridgehead atoms. The van der Waals surface area contributed by atoms with Crippen molar-refractivity contribution in [3.8, 4) is 23.0 Å². The molecule has 22 heavy (non-hydrogen) atoms. The van der Waals surface area contributed by atoms with Gasteiger partial charge < -0.3 is 5.73 Å². The van der Waals surface area contributed by atoms with Crippen LogP contribution in [-0.2, 0) is 0 Å². The molecule has 0 spiro atoms. The first kappa shape index (κ1) is 14.2. The van der Waals surface area contributed by atoms with Crippen molar-refractivity contribution in [1.82, 2.24) is 9.78 Å². The molecule has 2 aromatic carbocycles. The van der Waals surface area contributed by atoms with Gasteiger partial charge in [-0.3, -0.25) is 0 Å². The predicted molar refractivity (Wildman–Crippen MR) is 87.9 cm³/mol. The van der Waals surface area contributed by atoms with Gasteiger partial charge in [0.1, 0.15) is 23.1 Å². The zero-order valence-electron chi connectivity index (χ0n) is 11.9. The number of nitriles is 1. The number of nitrogens with two attached hydrogens (primary N) is 1. The largest absolute Gasteiger partial charge is 0.382 e. The molecule has 0 aliphatic heterocycles. The molecule has 0 radical (unpaired) electrons. The van der Waals surface area contributed by atoms with Crippen molar-refractivity contribution in [3.63, 3.8) is 0 Å². The van der Waals surface area contributed by atoms with Crippen molar-refractivity contribution in [2.24, 2.45) is 0 Å². The zero-order valence-corrected chi connectivity index (χ0v) is 12.7. The van der Waals surface area contributed by atoms with Crippen LogP contribution in [0.1, 0.15) is 11.1 Å². The van der Waals surface area contributed by atoms with Crippen LogP contribution in [0.3, 0.4) is 0 Å². The lowest BCUT2D eigenvalue weighted by Crippen LogP contribution is -2.02. The SMILES string of the molecule is Cc1ccc(-n2nc(-c3ccc(Cl)cc3)c(C#N)c2N)cc1. The highest BCUT2D eigenvalue weighted by Gasteiger charge is 2.17. The van der Waals surface area contributed by atoms with Crippen LogP contribution in [0.4, 0.5) is 5.82 Å². The average molecular weight is 309 g/mol. The summed E-state index contributed by atoms with van der Waals surface area (Å²) in [5.41, 5.74) is 9.79. The summed E-state index contributed by atoms with van der Waals surface area (Å²) in [6, 6.07) is 17.1. The number of halogens is 1. The van der Waals surface area contributed by atoms with E-state index >= 15 is 0 Å². The van der Waals surface area contributed by atoms with Gasteiger partial charge >= 0.3 is 0 Å². The molecule has 0 aliphatic rings. The van der Waals surface area contributed by atoms with Crippen LogP contribution in [0, 0.1) is 18.3 Å². The van der Waals surface area contributed by atoms with E-state index in [0.717, 1.165) is 16.8 Å². The molecule has 5 heteroatoms. The highest BCUT2D eigenvalue weighted by molar-refractivity contribution is 6.30. The number of rotatable bonds is 2. The van der Waals surface area contributed by atoms with Crippen molar-refractivity contribution < 1.29 is 0 Å². The molecule has 3 aromatic rings.